The van der Waals surface area contributed by atoms with E-state index in [9.17, 15) is 57.8 Å². The molecule has 1 aromatic carbocycles. The number of ether oxygens (including phenoxy) is 1. The van der Waals surface area contributed by atoms with E-state index in [4.69, 9.17) is 4.74 Å². The zero-order chi connectivity index (χ0) is 74.4. The molecule has 0 aliphatic carbocycles. The van der Waals surface area contributed by atoms with Gasteiger partial charge in [0.1, 0.15) is 60.1 Å². The van der Waals surface area contributed by atoms with E-state index in [1.807, 2.05) is 41.5 Å². The normalized spacial score (nSPS) is 23.8. The highest BCUT2D eigenvalue weighted by Crippen LogP contribution is 2.26. The van der Waals surface area contributed by atoms with E-state index in [1.165, 1.54) is 81.3 Å². The number of hydrogen-bond acceptors (Lipinski definition) is 15. The summed E-state index contributed by atoms with van der Waals surface area (Å²) in [5, 5.41) is 26.1. The first-order valence-corrected chi connectivity index (χ1v) is 34.1. The molecule has 0 bridgehead atoms. The lowest BCUT2D eigenvalue weighted by molar-refractivity contribution is -0.150. The van der Waals surface area contributed by atoms with Crippen LogP contribution in [0.25, 0.3) is 0 Å². The predicted octanol–water partition coefficient (Wildman–Crippen LogP) is 4.55. The van der Waals surface area contributed by atoms with Crippen molar-refractivity contribution in [3.63, 3.8) is 0 Å². The van der Waals surface area contributed by atoms with Crippen molar-refractivity contribution in [1.82, 2.24) is 60.9 Å². The van der Waals surface area contributed by atoms with Gasteiger partial charge in [0.25, 0.3) is 17.7 Å². The third kappa shape index (κ3) is 23.9. The third-order valence-corrected chi connectivity index (χ3v) is 17.9. The summed E-state index contributed by atoms with van der Waals surface area (Å²) in [6.45, 7) is 28.1. The van der Waals surface area contributed by atoms with Crippen LogP contribution in [0.5, 0.6) is 0 Å². The van der Waals surface area contributed by atoms with Crippen molar-refractivity contribution in [2.24, 2.45) is 35.5 Å². The van der Waals surface area contributed by atoms with Gasteiger partial charge in [-0.2, -0.15) is 0 Å². The fourth-order valence-electron chi connectivity index (χ4n) is 11.8. The Morgan fingerprint density at radius 2 is 1.05 bits per heavy atom. The van der Waals surface area contributed by atoms with Gasteiger partial charge in [-0.3, -0.25) is 57.6 Å². The molecule has 546 valence electrons. The Kier molecular flexibility index (Phi) is 34.6. The van der Waals surface area contributed by atoms with E-state index < -0.39 is 155 Å². The molecule has 13 amide bonds. The summed E-state index contributed by atoms with van der Waals surface area (Å²) in [6, 6.07) is -6.74. The highest BCUT2D eigenvalue weighted by atomic mass is 16.5. The van der Waals surface area contributed by atoms with Crippen LogP contribution in [0.4, 0.5) is 4.79 Å². The molecule has 1 aromatic rings. The molecule has 1 fully saturated rings. The van der Waals surface area contributed by atoms with Gasteiger partial charge in [-0.25, -0.2) is 9.59 Å². The largest absolute Gasteiger partial charge is 0.465 e. The molecule has 1 saturated heterocycles. The van der Waals surface area contributed by atoms with Gasteiger partial charge >= 0.3 is 12.0 Å². The molecule has 0 radical (unpaired) electrons. The lowest BCUT2D eigenvalue weighted by Gasteiger charge is -2.40. The Bertz CT molecular complexity index is 2940. The SMILES string of the molecule is C=C1C(=O)N(C)[C@@H](CC(C)C)C(=O)N[C@@H](C(C)C)C(=O)N(C)[C@@H](CC(C)C)C(=O)N[C@@H](C)C(=O)N[C@@H](C)C(=O)N(C)C(CC(C)C)C(=O)N(C)C(=O)N(C)[C@@H](C(C)C)C(=O)N(C)C([C@H](O)[C@H](C)CCCCCCCNC(=O)c2cccc(C(=O)OC)c2)C(=O)N[C@@H](CC)C(=O)N1C. The second-order valence-corrected chi connectivity index (χ2v) is 28.0. The number of nitrogens with zero attached hydrogens (tertiary/aromatic N) is 7. The summed E-state index contributed by atoms with van der Waals surface area (Å²) in [6.07, 6.45) is 2.38. The monoisotopic (exact) mass is 1360 g/mol. The molecule has 6 N–H and O–H groups in total. The summed E-state index contributed by atoms with van der Waals surface area (Å²) < 4.78 is 4.76. The maximum absolute atomic E-state index is 15.2. The number of amides is 13. The average Bonchev–Trinajstić information content (AvgIpc) is 0.812. The molecule has 0 aromatic heterocycles. The molecule has 2 rings (SSSR count). The van der Waals surface area contributed by atoms with Crippen molar-refractivity contribution in [2.45, 2.75) is 222 Å². The number of unbranched alkanes of at least 4 members (excludes halogenated alkanes) is 4. The predicted molar refractivity (Wildman–Crippen MR) is 368 cm³/mol. The number of nitrogens with one attached hydrogen (secondary N) is 5. The Balaban J connectivity index is 2.79. The zero-order valence-electron chi connectivity index (χ0n) is 61.8. The van der Waals surface area contributed by atoms with Crippen LogP contribution in [0.15, 0.2) is 36.5 Å². The van der Waals surface area contributed by atoms with Crippen molar-refractivity contribution in [3.05, 3.63) is 47.7 Å². The van der Waals surface area contributed by atoms with Crippen molar-refractivity contribution in [1.29, 1.82) is 0 Å². The Morgan fingerprint density at radius 1 is 0.546 bits per heavy atom. The lowest BCUT2D eigenvalue weighted by atomic mass is 9.90. The molecule has 1 aliphatic heterocycles. The highest BCUT2D eigenvalue weighted by Gasteiger charge is 2.45. The second-order valence-electron chi connectivity index (χ2n) is 28.0. The Labute approximate surface area is 575 Å². The summed E-state index contributed by atoms with van der Waals surface area (Å²) >= 11 is 0. The minimum Gasteiger partial charge on any atom is -0.465 e. The molecule has 27 nitrogen and oxygen atoms in total. The number of imide groups is 1. The Hall–Kier alpha value is -7.97. The van der Waals surface area contributed by atoms with Crippen LogP contribution in [0.2, 0.25) is 0 Å². The van der Waals surface area contributed by atoms with Crippen molar-refractivity contribution >= 4 is 77.0 Å². The topological polar surface area (TPSA) is 334 Å². The van der Waals surface area contributed by atoms with Crippen LogP contribution < -0.4 is 26.6 Å². The van der Waals surface area contributed by atoms with Gasteiger partial charge in [-0.15, -0.1) is 0 Å². The number of rotatable bonds is 21. The standard InChI is InChI=1S/C70H116N12O15/c1-24-50-65(91)76(16)47(15)64(90)77(17)52(36-40(4)5)61(87)75-54(42(8)9)67(93)78(18)51(35-39(2)3)60(86)72-45(13)58(84)73-46(14)63(89)79(19)53(37-41(6)7)66(92)82(22)70(96)81(21)55(43(10)11)68(94)80(20)56(62(88)74-50)57(83)44(12)31-28-26-25-27-29-34-71-59(85)48-32-30-33-49(38-48)69(95)97-23/h30,32-33,38-46,50-57,83H,15,24-29,31,34-37H2,1-14,16-23H3,(H,71,85)(H,72,86)(H,73,84)(H,74,88)(H,75,87)/t44-,45+,46+,50+,51+,52+,53?,54+,55+,56?,57-/m1/s1. The van der Waals surface area contributed by atoms with Gasteiger partial charge in [0.2, 0.25) is 47.3 Å². The van der Waals surface area contributed by atoms with Crippen LogP contribution in [0.3, 0.4) is 0 Å². The Morgan fingerprint density at radius 3 is 1.59 bits per heavy atom. The van der Waals surface area contributed by atoms with E-state index in [1.54, 1.807) is 59.7 Å². The summed E-state index contributed by atoms with van der Waals surface area (Å²) in [5.41, 5.74) is 0.170. The fourth-order valence-corrected chi connectivity index (χ4v) is 11.8. The molecule has 0 spiro atoms. The average molecular weight is 1370 g/mol. The van der Waals surface area contributed by atoms with Gasteiger partial charge < -0.3 is 65.8 Å². The first-order valence-electron chi connectivity index (χ1n) is 34.1. The first kappa shape index (κ1) is 85.1. The van der Waals surface area contributed by atoms with Gasteiger partial charge in [0.05, 0.1) is 18.8 Å². The molecule has 2 unspecified atom stereocenters. The second kappa shape index (κ2) is 39.4. The fraction of sp³-hybridized carbons (Fsp3) is 0.700. The molecule has 11 atom stereocenters. The van der Waals surface area contributed by atoms with E-state index in [2.05, 4.69) is 33.2 Å². The summed E-state index contributed by atoms with van der Waals surface area (Å²) in [7, 11) is 10.4. The van der Waals surface area contributed by atoms with Crippen LogP contribution in [-0.4, -0.2) is 240 Å². The minimum absolute atomic E-state index is 0.0524. The van der Waals surface area contributed by atoms with Crippen LogP contribution in [-0.2, 0) is 52.7 Å². The quantitative estimate of drug-likeness (QED) is 0.0559. The number of aliphatic hydroxyl groups is 1. The number of esters is 1. The molecule has 27 heteroatoms. The summed E-state index contributed by atoms with van der Waals surface area (Å²) in [5.74, 6) is -11.3. The smallest absolute Gasteiger partial charge is 0.337 e. The molecule has 0 saturated carbocycles. The van der Waals surface area contributed by atoms with Gasteiger partial charge in [0, 0.05) is 61.4 Å². The number of methoxy groups -OCH3 is 1. The van der Waals surface area contributed by atoms with E-state index in [-0.39, 0.29) is 54.9 Å². The van der Waals surface area contributed by atoms with Crippen LogP contribution in [0.1, 0.15) is 182 Å². The van der Waals surface area contributed by atoms with Gasteiger partial charge in [-0.1, -0.05) is 121 Å². The number of carbonyl (C=O) groups excluding carboxylic acids is 13. The van der Waals surface area contributed by atoms with E-state index in [0.717, 1.165) is 42.2 Å². The summed E-state index contributed by atoms with van der Waals surface area (Å²) in [4.78, 5) is 193. The zero-order valence-corrected chi connectivity index (χ0v) is 61.8. The molecular weight excluding hydrogens is 1250 g/mol. The van der Waals surface area contributed by atoms with Gasteiger partial charge in [0.15, 0.2) is 0 Å². The van der Waals surface area contributed by atoms with Crippen LogP contribution in [0, 0.1) is 35.5 Å². The number of urea groups is 1. The van der Waals surface area contributed by atoms with Crippen LogP contribution >= 0.6 is 0 Å². The van der Waals surface area contributed by atoms with Crippen molar-refractivity contribution < 1.29 is 72.2 Å². The first-order chi connectivity index (χ1) is 45.1. The van der Waals surface area contributed by atoms with Gasteiger partial charge in [-0.05, 0) is 106 Å². The highest BCUT2D eigenvalue weighted by molar-refractivity contribution is 6.04. The number of carbonyl (C=O) groups is 13. The maximum atomic E-state index is 15.2. The number of benzene rings is 1. The number of likely N-dealkylation sites (N-methyl/N-ethyl adjacent to an activating group) is 7. The lowest BCUT2D eigenvalue weighted by Crippen LogP contribution is -2.63. The number of aliphatic hydroxyl groups excluding tert-OH is 1. The van der Waals surface area contributed by atoms with E-state index >= 15 is 9.59 Å². The molecule has 1 heterocycles. The van der Waals surface area contributed by atoms with Crippen molar-refractivity contribution in [3.8, 4) is 0 Å². The third-order valence-electron chi connectivity index (χ3n) is 17.9. The van der Waals surface area contributed by atoms with E-state index in [0.29, 0.717) is 37.8 Å². The minimum atomic E-state index is -1.71. The maximum Gasteiger partial charge on any atom is 0.337 e. The molecular formula is C70H116N12O15. The molecule has 97 heavy (non-hydrogen) atoms. The van der Waals surface area contributed by atoms with Crippen molar-refractivity contribution in [2.75, 3.05) is 63.0 Å². The molecule has 1 aliphatic rings. The number of hydrogen-bond donors (Lipinski definition) is 6.